The summed E-state index contributed by atoms with van der Waals surface area (Å²) in [6, 6.07) is 5.56. The standard InChI is InChI=1S/C39H46F3N5O8/c1-38(2,3)55-36(51)43-31-16-8-6-4-5-7-12-24-18-39(24,35(50)45-53-22-27-29(41)14-10-15-30(27)42)44-33(48)32-17-25(20-47(32)34(31)49)54-37(52)46-19-23-11-9-13-28(40)26(23)21-46/h7,9-15,24-25,31-32H,4-6,8,16-22H2,1-3H3,(H,43,51)(H,44,48)(H,45,50)/t24?,25?,31?,32-,39?/m0/s1. The molecule has 3 heterocycles. The Kier molecular flexibility index (Phi) is 11.7. The van der Waals surface area contributed by atoms with Crippen LogP contribution in [-0.4, -0.2) is 75.6 Å². The van der Waals surface area contributed by atoms with Crippen LogP contribution in [0.3, 0.4) is 0 Å². The minimum Gasteiger partial charge on any atom is -0.444 e. The second-order valence-electron chi connectivity index (χ2n) is 15.4. The Morgan fingerprint density at radius 1 is 0.982 bits per heavy atom. The second-order valence-corrected chi connectivity index (χ2v) is 15.4. The molecule has 296 valence electrons. The molecule has 5 amide bonds. The van der Waals surface area contributed by atoms with Gasteiger partial charge in [0.15, 0.2) is 0 Å². The Morgan fingerprint density at radius 3 is 2.44 bits per heavy atom. The molecular formula is C39H46F3N5O8. The molecule has 2 aromatic carbocycles. The number of halogens is 3. The van der Waals surface area contributed by atoms with Gasteiger partial charge in [0.25, 0.3) is 5.91 Å². The maximum absolute atomic E-state index is 14.4. The quantitative estimate of drug-likeness (QED) is 0.272. The summed E-state index contributed by atoms with van der Waals surface area (Å²) < 4.78 is 54.1. The number of benzene rings is 2. The maximum atomic E-state index is 14.4. The zero-order chi connectivity index (χ0) is 39.5. The third-order valence-electron chi connectivity index (χ3n) is 10.2. The van der Waals surface area contributed by atoms with E-state index in [9.17, 15) is 37.1 Å². The Morgan fingerprint density at radius 2 is 1.71 bits per heavy atom. The summed E-state index contributed by atoms with van der Waals surface area (Å²) in [5, 5.41) is 5.47. The topological polar surface area (TPSA) is 156 Å². The molecular weight excluding hydrogens is 723 g/mol. The van der Waals surface area contributed by atoms with Crippen LogP contribution in [0.2, 0.25) is 0 Å². The summed E-state index contributed by atoms with van der Waals surface area (Å²) in [5.74, 6) is -4.71. The van der Waals surface area contributed by atoms with Gasteiger partial charge in [-0.25, -0.2) is 28.2 Å². The van der Waals surface area contributed by atoms with Crippen molar-refractivity contribution in [3.05, 3.63) is 82.7 Å². The molecule has 4 unspecified atom stereocenters. The molecule has 2 aromatic rings. The van der Waals surface area contributed by atoms with Gasteiger partial charge < -0.3 is 25.0 Å². The number of alkyl carbamates (subject to hydrolysis) is 1. The normalized spacial score (nSPS) is 25.4. The fourth-order valence-electron chi connectivity index (χ4n) is 7.28. The lowest BCUT2D eigenvalue weighted by Crippen LogP contribution is -2.58. The fourth-order valence-corrected chi connectivity index (χ4v) is 7.28. The van der Waals surface area contributed by atoms with E-state index in [-0.39, 0.29) is 38.9 Å². The number of carbonyl (C=O) groups excluding carboxylic acids is 5. The van der Waals surface area contributed by atoms with Crippen LogP contribution in [-0.2, 0) is 48.4 Å². The van der Waals surface area contributed by atoms with Gasteiger partial charge in [-0.15, -0.1) is 0 Å². The first kappa shape index (κ1) is 39.6. The lowest BCUT2D eigenvalue weighted by molar-refractivity contribution is -0.144. The van der Waals surface area contributed by atoms with Crippen LogP contribution >= 0.6 is 0 Å². The Balaban J connectivity index is 1.22. The van der Waals surface area contributed by atoms with Gasteiger partial charge in [-0.2, -0.15) is 0 Å². The fraction of sp³-hybridized carbons (Fsp3) is 0.513. The number of hydroxylamine groups is 1. The van der Waals surface area contributed by atoms with Gasteiger partial charge in [0.1, 0.15) is 53.4 Å². The van der Waals surface area contributed by atoms with Crippen molar-refractivity contribution >= 4 is 29.9 Å². The highest BCUT2D eigenvalue weighted by Crippen LogP contribution is 2.45. The minimum absolute atomic E-state index is 0.0137. The molecule has 0 aromatic heterocycles. The van der Waals surface area contributed by atoms with Crippen molar-refractivity contribution in [2.45, 2.75) is 115 Å². The van der Waals surface area contributed by atoms with Crippen molar-refractivity contribution in [2.24, 2.45) is 5.92 Å². The van der Waals surface area contributed by atoms with Crippen molar-refractivity contribution in [1.29, 1.82) is 0 Å². The number of amides is 5. The zero-order valence-electron chi connectivity index (χ0n) is 31.0. The largest absolute Gasteiger partial charge is 0.444 e. The molecule has 0 radical (unpaired) electrons. The minimum atomic E-state index is -1.52. The molecule has 55 heavy (non-hydrogen) atoms. The van der Waals surface area contributed by atoms with Crippen LogP contribution in [0.15, 0.2) is 48.6 Å². The van der Waals surface area contributed by atoms with E-state index in [1.54, 1.807) is 32.9 Å². The zero-order valence-corrected chi connectivity index (χ0v) is 31.0. The molecule has 16 heteroatoms. The summed E-state index contributed by atoms with van der Waals surface area (Å²) >= 11 is 0. The number of fused-ring (bicyclic) bond motifs is 3. The van der Waals surface area contributed by atoms with Crippen molar-refractivity contribution in [2.75, 3.05) is 6.54 Å². The molecule has 0 bridgehead atoms. The number of allylic oxidation sites excluding steroid dienone is 1. The van der Waals surface area contributed by atoms with Gasteiger partial charge in [-0.3, -0.25) is 24.1 Å². The van der Waals surface area contributed by atoms with Crippen LogP contribution in [0.25, 0.3) is 0 Å². The van der Waals surface area contributed by atoms with Crippen molar-refractivity contribution < 1.29 is 51.5 Å². The molecule has 6 rings (SSSR count). The smallest absolute Gasteiger partial charge is 0.410 e. The number of nitrogens with one attached hydrogen (secondary N) is 3. The van der Waals surface area contributed by atoms with Gasteiger partial charge in [0.05, 0.1) is 18.7 Å². The van der Waals surface area contributed by atoms with Crippen molar-refractivity contribution in [3.63, 3.8) is 0 Å². The molecule has 5 atom stereocenters. The maximum Gasteiger partial charge on any atom is 0.410 e. The average Bonchev–Trinajstić information content (AvgIpc) is 3.41. The molecule has 1 saturated carbocycles. The Labute approximate surface area is 316 Å². The number of hydrogen-bond donors (Lipinski definition) is 3. The first-order chi connectivity index (χ1) is 26.1. The van der Waals surface area contributed by atoms with E-state index in [0.29, 0.717) is 30.4 Å². The van der Waals surface area contributed by atoms with E-state index >= 15 is 0 Å². The average molecular weight is 770 g/mol. The van der Waals surface area contributed by atoms with Gasteiger partial charge in [-0.05, 0) is 70.2 Å². The number of carbonyl (C=O) groups is 5. The summed E-state index contributed by atoms with van der Waals surface area (Å²) in [7, 11) is 0. The summed E-state index contributed by atoms with van der Waals surface area (Å²) in [6.45, 7) is 4.34. The van der Waals surface area contributed by atoms with E-state index in [2.05, 4.69) is 16.1 Å². The predicted molar refractivity (Wildman–Crippen MR) is 190 cm³/mol. The van der Waals surface area contributed by atoms with E-state index in [4.69, 9.17) is 14.3 Å². The van der Waals surface area contributed by atoms with Crippen LogP contribution < -0.4 is 16.1 Å². The predicted octanol–water partition coefficient (Wildman–Crippen LogP) is 5.06. The van der Waals surface area contributed by atoms with Gasteiger partial charge in [0.2, 0.25) is 11.8 Å². The third-order valence-corrected chi connectivity index (χ3v) is 10.2. The molecule has 0 spiro atoms. The van der Waals surface area contributed by atoms with Gasteiger partial charge >= 0.3 is 12.2 Å². The molecule has 1 aliphatic carbocycles. The first-order valence-electron chi connectivity index (χ1n) is 18.5. The number of rotatable bonds is 6. The SMILES string of the molecule is CC(C)(C)OC(=O)NC1CCCCCC=CC2CC2(C(=O)NOCc2c(F)cccc2F)NC(=O)[C@@H]2CC(OC(=O)N3Cc4cccc(F)c4C3)CN2C1=O. The molecule has 3 aliphatic heterocycles. The van der Waals surface area contributed by atoms with Crippen LogP contribution in [0.1, 0.15) is 82.4 Å². The van der Waals surface area contributed by atoms with Crippen LogP contribution in [0.4, 0.5) is 22.8 Å². The number of ether oxygens (including phenoxy) is 2. The highest BCUT2D eigenvalue weighted by Gasteiger charge is 2.61. The highest BCUT2D eigenvalue weighted by atomic mass is 19.1. The summed E-state index contributed by atoms with van der Waals surface area (Å²) in [4.78, 5) is 76.3. The summed E-state index contributed by atoms with van der Waals surface area (Å²) in [5.41, 5.74) is 0.483. The number of nitrogens with zero attached hydrogens (tertiary/aromatic N) is 2. The van der Waals surface area contributed by atoms with E-state index in [1.807, 2.05) is 12.2 Å². The summed E-state index contributed by atoms with van der Waals surface area (Å²) in [6.07, 6.45) is 4.12. The molecule has 3 N–H and O–H groups in total. The molecule has 13 nitrogen and oxygen atoms in total. The Hall–Kier alpha value is -5.12. The molecule has 1 saturated heterocycles. The molecule has 4 aliphatic rings. The van der Waals surface area contributed by atoms with Crippen molar-refractivity contribution in [3.8, 4) is 0 Å². The van der Waals surface area contributed by atoms with Gasteiger partial charge in [0, 0.05) is 24.4 Å². The van der Waals surface area contributed by atoms with E-state index in [0.717, 1.165) is 18.6 Å². The van der Waals surface area contributed by atoms with E-state index in [1.165, 1.54) is 21.9 Å². The number of hydrogen-bond acceptors (Lipinski definition) is 8. The molecule has 2 fully saturated rings. The van der Waals surface area contributed by atoms with Gasteiger partial charge in [-0.1, -0.05) is 43.2 Å². The van der Waals surface area contributed by atoms with Crippen LogP contribution in [0, 0.1) is 23.4 Å². The third kappa shape index (κ3) is 9.23. The highest BCUT2D eigenvalue weighted by molar-refractivity contribution is 5.98. The first-order valence-corrected chi connectivity index (χ1v) is 18.5. The lowest BCUT2D eigenvalue weighted by Gasteiger charge is -2.30. The van der Waals surface area contributed by atoms with Crippen molar-refractivity contribution in [1.82, 2.24) is 25.9 Å². The monoisotopic (exact) mass is 769 g/mol. The second kappa shape index (κ2) is 16.3. The Bertz CT molecular complexity index is 1830. The van der Waals surface area contributed by atoms with E-state index < -0.39 is 94.8 Å². The van der Waals surface area contributed by atoms with Crippen LogP contribution in [0.5, 0.6) is 0 Å². The lowest BCUT2D eigenvalue weighted by atomic mass is 10.0.